The molecule has 2 saturated carbocycles. The SMILES string of the molecule is CC(C)C(=O)C1CCC(NC(=O)CCCOC2CCCCC2)CC1.CC(C)C(N)=O.[HH].[HH]. The van der Waals surface area contributed by atoms with Gasteiger partial charge in [0, 0.05) is 39.7 Å². The van der Waals surface area contributed by atoms with E-state index in [-0.39, 0.29) is 38.5 Å². The summed E-state index contributed by atoms with van der Waals surface area (Å²) in [6.45, 7) is 8.19. The molecule has 0 aliphatic heterocycles. The third-order valence-electron chi connectivity index (χ3n) is 6.09. The number of Topliss-reactive ketones (excluding diaryl/α,β-unsaturated/α-hetero) is 1. The van der Waals surface area contributed by atoms with E-state index in [0.717, 1.165) is 32.1 Å². The van der Waals surface area contributed by atoms with E-state index in [2.05, 4.69) is 5.32 Å². The molecule has 0 radical (unpaired) electrons. The summed E-state index contributed by atoms with van der Waals surface area (Å²) in [5.74, 6) is 0.618. The Morgan fingerprint density at radius 1 is 0.933 bits per heavy atom. The molecule has 0 aromatic rings. The van der Waals surface area contributed by atoms with Crippen molar-refractivity contribution in [2.75, 3.05) is 6.61 Å². The number of nitrogens with one attached hydrogen (secondary N) is 1. The molecule has 2 amide bonds. The third kappa shape index (κ3) is 11.1. The molecule has 0 spiro atoms. The molecule has 0 saturated heterocycles. The molecule has 2 aliphatic rings. The Balaban J connectivity index is 0. The molecule has 30 heavy (non-hydrogen) atoms. The summed E-state index contributed by atoms with van der Waals surface area (Å²) in [4.78, 5) is 34.0. The van der Waals surface area contributed by atoms with Crippen molar-refractivity contribution in [3.8, 4) is 0 Å². The fourth-order valence-electron chi connectivity index (χ4n) is 4.01. The highest BCUT2D eigenvalue weighted by Gasteiger charge is 2.28. The first kappa shape index (κ1) is 26.6. The smallest absolute Gasteiger partial charge is 0.220 e. The lowest BCUT2D eigenvalue weighted by atomic mass is 9.80. The van der Waals surface area contributed by atoms with E-state index in [1.807, 2.05) is 13.8 Å². The van der Waals surface area contributed by atoms with Gasteiger partial charge in [-0.2, -0.15) is 0 Å². The highest BCUT2D eigenvalue weighted by molar-refractivity contribution is 5.83. The average Bonchev–Trinajstić information content (AvgIpc) is 2.72. The highest BCUT2D eigenvalue weighted by atomic mass is 16.5. The van der Waals surface area contributed by atoms with Crippen LogP contribution in [-0.4, -0.2) is 36.4 Å². The van der Waals surface area contributed by atoms with Crippen LogP contribution in [0.5, 0.6) is 0 Å². The number of nitrogens with two attached hydrogens (primary N) is 1. The molecular weight excluding hydrogens is 380 g/mol. The standard InChI is InChI=1S/C20H35NO3.C4H9NO.2H2/c1-15(2)20(23)16-10-12-17(13-11-16)21-19(22)9-6-14-24-18-7-4-3-5-8-18;1-3(2)4(5)6;;/h15-18H,3-14H2,1-2H3,(H,21,22);3H,1-2H3,(H2,5,6);2*1H. The summed E-state index contributed by atoms with van der Waals surface area (Å²) in [5.41, 5.74) is 4.80. The van der Waals surface area contributed by atoms with Crippen LogP contribution in [0.2, 0.25) is 0 Å². The van der Waals surface area contributed by atoms with Crippen LogP contribution in [0.4, 0.5) is 0 Å². The normalized spacial score (nSPS) is 22.3. The zero-order chi connectivity index (χ0) is 22.5. The summed E-state index contributed by atoms with van der Waals surface area (Å²) >= 11 is 0. The minimum absolute atomic E-state index is 0. The van der Waals surface area contributed by atoms with Crippen molar-refractivity contribution in [2.24, 2.45) is 23.5 Å². The number of carbonyl (C=O) groups is 3. The van der Waals surface area contributed by atoms with Gasteiger partial charge >= 0.3 is 0 Å². The first-order chi connectivity index (χ1) is 14.2. The molecule has 6 nitrogen and oxygen atoms in total. The van der Waals surface area contributed by atoms with Crippen molar-refractivity contribution in [3.63, 3.8) is 0 Å². The van der Waals surface area contributed by atoms with Gasteiger partial charge < -0.3 is 15.8 Å². The topological polar surface area (TPSA) is 98.5 Å². The van der Waals surface area contributed by atoms with Gasteiger partial charge in [0.2, 0.25) is 11.8 Å². The summed E-state index contributed by atoms with van der Waals surface area (Å²) in [6, 6.07) is 0.257. The molecule has 0 aromatic carbocycles. The maximum atomic E-state index is 12.1. The van der Waals surface area contributed by atoms with Crippen molar-refractivity contribution in [3.05, 3.63) is 0 Å². The Kier molecular flexibility index (Phi) is 12.9. The molecule has 0 bridgehead atoms. The van der Waals surface area contributed by atoms with Gasteiger partial charge in [-0.25, -0.2) is 0 Å². The van der Waals surface area contributed by atoms with Crippen LogP contribution >= 0.6 is 0 Å². The molecule has 0 aromatic heterocycles. The van der Waals surface area contributed by atoms with Crippen molar-refractivity contribution in [1.82, 2.24) is 5.32 Å². The molecule has 0 unspecified atom stereocenters. The largest absolute Gasteiger partial charge is 0.378 e. The molecule has 2 rings (SSSR count). The Hall–Kier alpha value is -1.43. The van der Waals surface area contributed by atoms with E-state index >= 15 is 0 Å². The van der Waals surface area contributed by atoms with Crippen LogP contribution < -0.4 is 11.1 Å². The Morgan fingerprint density at radius 3 is 2.00 bits per heavy atom. The van der Waals surface area contributed by atoms with Crippen LogP contribution in [0.1, 0.15) is 101 Å². The molecule has 2 fully saturated rings. The molecule has 2 aliphatic carbocycles. The van der Waals surface area contributed by atoms with Crippen molar-refractivity contribution in [1.29, 1.82) is 0 Å². The highest BCUT2D eigenvalue weighted by Crippen LogP contribution is 2.27. The van der Waals surface area contributed by atoms with E-state index in [0.29, 0.717) is 24.9 Å². The second-order valence-electron chi connectivity index (χ2n) is 9.46. The van der Waals surface area contributed by atoms with Crippen LogP contribution in [0.25, 0.3) is 0 Å². The summed E-state index contributed by atoms with van der Waals surface area (Å²) < 4.78 is 5.87. The van der Waals surface area contributed by atoms with Gasteiger partial charge in [-0.15, -0.1) is 0 Å². The van der Waals surface area contributed by atoms with E-state index in [1.54, 1.807) is 13.8 Å². The number of carbonyl (C=O) groups excluding carboxylic acids is 3. The van der Waals surface area contributed by atoms with Crippen molar-refractivity contribution < 1.29 is 22.0 Å². The van der Waals surface area contributed by atoms with E-state index in [9.17, 15) is 14.4 Å². The van der Waals surface area contributed by atoms with Gasteiger partial charge in [0.25, 0.3) is 0 Å². The van der Waals surface area contributed by atoms with E-state index in [1.165, 1.54) is 32.1 Å². The van der Waals surface area contributed by atoms with Gasteiger partial charge in [-0.1, -0.05) is 47.0 Å². The predicted octanol–water partition coefficient (Wildman–Crippen LogP) is 4.64. The number of hydrogen-bond acceptors (Lipinski definition) is 4. The first-order valence-electron chi connectivity index (χ1n) is 11.9. The average molecular weight is 429 g/mol. The molecule has 178 valence electrons. The Labute approximate surface area is 186 Å². The number of amides is 2. The lowest BCUT2D eigenvalue weighted by Gasteiger charge is -2.29. The summed E-state index contributed by atoms with van der Waals surface area (Å²) in [7, 11) is 0. The van der Waals surface area contributed by atoms with E-state index < -0.39 is 0 Å². The lowest BCUT2D eigenvalue weighted by Crippen LogP contribution is -2.39. The number of hydrogen-bond donors (Lipinski definition) is 2. The van der Waals surface area contributed by atoms with Gasteiger partial charge in [-0.3, -0.25) is 14.4 Å². The van der Waals surface area contributed by atoms with Crippen molar-refractivity contribution >= 4 is 17.6 Å². The van der Waals surface area contributed by atoms with Crippen molar-refractivity contribution in [2.45, 2.75) is 110 Å². The maximum Gasteiger partial charge on any atom is 0.220 e. The fraction of sp³-hybridized carbons (Fsp3) is 0.875. The minimum Gasteiger partial charge on any atom is -0.378 e. The first-order valence-corrected chi connectivity index (χ1v) is 11.9. The molecule has 3 N–H and O–H groups in total. The summed E-state index contributed by atoms with van der Waals surface area (Å²) in [5, 5.41) is 3.14. The second-order valence-corrected chi connectivity index (χ2v) is 9.46. The van der Waals surface area contributed by atoms with Gasteiger partial charge in [0.05, 0.1) is 6.10 Å². The number of ketones is 1. The fourth-order valence-corrected chi connectivity index (χ4v) is 4.01. The van der Waals surface area contributed by atoms with Gasteiger partial charge in [0.15, 0.2) is 0 Å². The molecule has 0 atom stereocenters. The second kappa shape index (κ2) is 14.6. The van der Waals surface area contributed by atoms with Crippen LogP contribution in [0, 0.1) is 17.8 Å². The van der Waals surface area contributed by atoms with Gasteiger partial charge in [-0.05, 0) is 44.9 Å². The molecular formula is C24H48N2O4. The number of rotatable bonds is 9. The Bertz CT molecular complexity index is 530. The number of ether oxygens (including phenoxy) is 1. The zero-order valence-electron chi connectivity index (χ0n) is 19.6. The maximum absolute atomic E-state index is 12.1. The van der Waals surface area contributed by atoms with Crippen LogP contribution in [-0.2, 0) is 19.1 Å². The molecule has 0 heterocycles. The third-order valence-corrected chi connectivity index (χ3v) is 6.09. The number of primary amides is 1. The quantitative estimate of drug-likeness (QED) is 0.523. The van der Waals surface area contributed by atoms with Crippen LogP contribution in [0.3, 0.4) is 0 Å². The Morgan fingerprint density at radius 2 is 1.50 bits per heavy atom. The van der Waals surface area contributed by atoms with Crippen LogP contribution in [0.15, 0.2) is 0 Å². The zero-order valence-corrected chi connectivity index (χ0v) is 19.6. The summed E-state index contributed by atoms with van der Waals surface area (Å²) in [6.07, 6.45) is 11.8. The lowest BCUT2D eigenvalue weighted by molar-refractivity contribution is -0.127. The monoisotopic (exact) mass is 428 g/mol. The minimum atomic E-state index is -0.241. The molecule has 6 heteroatoms. The van der Waals surface area contributed by atoms with Gasteiger partial charge in [0.1, 0.15) is 5.78 Å². The predicted molar refractivity (Wildman–Crippen MR) is 124 cm³/mol. The van der Waals surface area contributed by atoms with E-state index in [4.69, 9.17) is 10.5 Å².